The fourth-order valence-electron chi connectivity index (χ4n) is 2.94. The molecule has 30 heavy (non-hydrogen) atoms. The van der Waals surface area contributed by atoms with Crippen LogP contribution in [0.25, 0.3) is 26.9 Å². The quantitative estimate of drug-likeness (QED) is 0.324. The molecular formula is C20H14N6O2S2. The van der Waals surface area contributed by atoms with Crippen LogP contribution in [-0.4, -0.2) is 36.4 Å². The van der Waals surface area contributed by atoms with Crippen molar-refractivity contribution in [3.63, 3.8) is 0 Å². The molecule has 0 unspecified atom stereocenters. The van der Waals surface area contributed by atoms with Crippen molar-refractivity contribution in [2.24, 2.45) is 0 Å². The van der Waals surface area contributed by atoms with E-state index in [9.17, 15) is 9.59 Å². The van der Waals surface area contributed by atoms with Gasteiger partial charge in [-0.1, -0.05) is 53.4 Å². The third-order valence-corrected chi connectivity index (χ3v) is 6.12. The van der Waals surface area contributed by atoms with Crippen LogP contribution in [-0.2, 0) is 4.79 Å². The van der Waals surface area contributed by atoms with E-state index in [1.165, 1.54) is 17.5 Å². The fourth-order valence-corrected chi connectivity index (χ4v) is 4.48. The molecule has 3 aromatic heterocycles. The molecule has 148 valence electrons. The zero-order valence-corrected chi connectivity index (χ0v) is 17.0. The van der Waals surface area contributed by atoms with E-state index in [0.29, 0.717) is 21.3 Å². The first-order chi connectivity index (χ1) is 14.7. The third-order valence-electron chi connectivity index (χ3n) is 4.30. The highest BCUT2D eigenvalue weighted by Crippen LogP contribution is 2.25. The minimum atomic E-state index is -0.295. The lowest BCUT2D eigenvalue weighted by molar-refractivity contribution is -0.113. The second-order valence-corrected chi connectivity index (χ2v) is 8.32. The van der Waals surface area contributed by atoms with E-state index in [1.54, 1.807) is 4.68 Å². The molecule has 0 atom stereocenters. The summed E-state index contributed by atoms with van der Waals surface area (Å²) >= 11 is 2.56. The number of para-hydroxylation sites is 2. The molecule has 1 amide bonds. The molecule has 0 aliphatic rings. The number of hydrogen-bond acceptors (Lipinski definition) is 7. The van der Waals surface area contributed by atoms with E-state index in [2.05, 4.69) is 25.4 Å². The molecule has 0 spiro atoms. The molecule has 0 radical (unpaired) electrons. The first-order valence-electron chi connectivity index (χ1n) is 8.99. The summed E-state index contributed by atoms with van der Waals surface area (Å²) in [7, 11) is 0. The molecule has 0 saturated carbocycles. The maximum absolute atomic E-state index is 12.4. The predicted octanol–water partition coefficient (Wildman–Crippen LogP) is 3.45. The van der Waals surface area contributed by atoms with E-state index in [4.69, 9.17) is 0 Å². The number of benzene rings is 2. The third kappa shape index (κ3) is 3.58. The van der Waals surface area contributed by atoms with Crippen molar-refractivity contribution in [3.8, 4) is 5.69 Å². The van der Waals surface area contributed by atoms with Crippen LogP contribution in [0.3, 0.4) is 0 Å². The van der Waals surface area contributed by atoms with Crippen LogP contribution >= 0.6 is 23.1 Å². The van der Waals surface area contributed by atoms with Crippen LogP contribution in [0, 0.1) is 0 Å². The van der Waals surface area contributed by atoms with E-state index in [0.717, 1.165) is 27.7 Å². The molecule has 8 nitrogen and oxygen atoms in total. The molecular weight excluding hydrogens is 420 g/mol. The van der Waals surface area contributed by atoms with Crippen molar-refractivity contribution in [3.05, 3.63) is 71.1 Å². The Balaban J connectivity index is 1.35. The number of carbonyl (C=O) groups excluding carboxylic acids is 1. The van der Waals surface area contributed by atoms with Gasteiger partial charge in [0.1, 0.15) is 5.39 Å². The molecule has 2 aromatic carbocycles. The lowest BCUT2D eigenvalue weighted by Gasteiger charge is -2.04. The van der Waals surface area contributed by atoms with Crippen molar-refractivity contribution in [1.82, 2.24) is 24.7 Å². The maximum Gasteiger partial charge on any atom is 0.262 e. The Labute approximate surface area is 178 Å². The highest BCUT2D eigenvalue weighted by molar-refractivity contribution is 7.99. The van der Waals surface area contributed by atoms with Gasteiger partial charge in [-0.2, -0.15) is 5.10 Å². The van der Waals surface area contributed by atoms with Gasteiger partial charge < -0.3 is 10.3 Å². The number of fused-ring (bicyclic) bond motifs is 2. The van der Waals surface area contributed by atoms with Gasteiger partial charge in [-0.05, 0) is 24.3 Å². The molecule has 3 heterocycles. The van der Waals surface area contributed by atoms with Crippen molar-refractivity contribution in [1.29, 1.82) is 0 Å². The Kier molecular flexibility index (Phi) is 4.77. The Hall–Kier alpha value is -3.50. The number of thiazole rings is 1. The van der Waals surface area contributed by atoms with Gasteiger partial charge in [-0.15, -0.1) is 0 Å². The second-order valence-electron chi connectivity index (χ2n) is 6.32. The highest BCUT2D eigenvalue weighted by Gasteiger charge is 2.13. The summed E-state index contributed by atoms with van der Waals surface area (Å²) in [5, 5.41) is 8.36. The smallest absolute Gasteiger partial charge is 0.262 e. The topological polar surface area (TPSA) is 106 Å². The fraction of sp³-hybridized carbons (Fsp3) is 0.0500. The van der Waals surface area contributed by atoms with Crippen LogP contribution in [0.2, 0.25) is 0 Å². The summed E-state index contributed by atoms with van der Waals surface area (Å²) in [5.41, 5.74) is 1.79. The maximum atomic E-state index is 12.4. The molecule has 0 aliphatic heterocycles. The number of rotatable bonds is 5. The number of thioether (sulfide) groups is 1. The number of aromatic amines is 1. The molecule has 5 rings (SSSR count). The van der Waals surface area contributed by atoms with Crippen molar-refractivity contribution >= 4 is 55.4 Å². The normalized spacial score (nSPS) is 11.2. The lowest BCUT2D eigenvalue weighted by atomic mass is 10.3. The molecule has 0 saturated heterocycles. The Morgan fingerprint density at radius 1 is 1.10 bits per heavy atom. The molecule has 0 fully saturated rings. The van der Waals surface area contributed by atoms with Crippen LogP contribution in [0.5, 0.6) is 0 Å². The molecule has 5 aromatic rings. The van der Waals surface area contributed by atoms with Crippen molar-refractivity contribution in [2.75, 3.05) is 11.1 Å². The zero-order chi connectivity index (χ0) is 20.5. The number of nitrogens with one attached hydrogen (secondary N) is 2. The summed E-state index contributed by atoms with van der Waals surface area (Å²) < 4.78 is 2.61. The minimum absolute atomic E-state index is 0.0871. The molecule has 0 aliphatic carbocycles. The number of anilines is 1. The van der Waals surface area contributed by atoms with E-state index < -0.39 is 0 Å². The second kappa shape index (κ2) is 7.73. The molecule has 10 heteroatoms. The van der Waals surface area contributed by atoms with Gasteiger partial charge in [-0.25, -0.2) is 14.6 Å². The number of aromatic nitrogens is 5. The largest absolute Gasteiger partial charge is 0.301 e. The Morgan fingerprint density at radius 3 is 2.73 bits per heavy atom. The number of H-pyrrole nitrogens is 1. The predicted molar refractivity (Wildman–Crippen MR) is 118 cm³/mol. The average molecular weight is 435 g/mol. The summed E-state index contributed by atoms with van der Waals surface area (Å²) in [6.07, 6.45) is 1.49. The van der Waals surface area contributed by atoms with Crippen molar-refractivity contribution < 1.29 is 4.79 Å². The Morgan fingerprint density at radius 2 is 1.90 bits per heavy atom. The zero-order valence-electron chi connectivity index (χ0n) is 15.4. The van der Waals surface area contributed by atoms with Crippen LogP contribution in [0.4, 0.5) is 5.13 Å². The number of hydrogen-bond donors (Lipinski definition) is 2. The van der Waals surface area contributed by atoms with E-state index >= 15 is 0 Å². The van der Waals surface area contributed by atoms with E-state index in [1.807, 2.05) is 54.6 Å². The monoisotopic (exact) mass is 434 g/mol. The van der Waals surface area contributed by atoms with E-state index in [-0.39, 0.29) is 17.2 Å². The van der Waals surface area contributed by atoms with Gasteiger partial charge >= 0.3 is 0 Å². The summed E-state index contributed by atoms with van der Waals surface area (Å²) in [5.74, 6) is -0.137. The number of amides is 1. The van der Waals surface area contributed by atoms with Crippen LogP contribution in [0.1, 0.15) is 0 Å². The SMILES string of the molecule is O=C(CSc1nc2c(cnn2-c2ccccc2)c(=O)[nH]1)Nc1nc2ccccc2s1. The molecule has 0 bridgehead atoms. The van der Waals surface area contributed by atoms with Gasteiger partial charge in [0.25, 0.3) is 5.56 Å². The first-order valence-corrected chi connectivity index (χ1v) is 10.8. The molecule has 2 N–H and O–H groups in total. The van der Waals surface area contributed by atoms with Crippen LogP contribution < -0.4 is 10.9 Å². The van der Waals surface area contributed by atoms with Gasteiger partial charge in [0, 0.05) is 0 Å². The minimum Gasteiger partial charge on any atom is -0.301 e. The number of nitrogens with zero attached hydrogens (tertiary/aromatic N) is 4. The standard InChI is InChI=1S/C20H14N6O2S2/c27-16(23-20-22-14-8-4-5-9-15(14)30-20)11-29-19-24-17-13(18(28)25-19)10-21-26(17)12-6-2-1-3-7-12/h1-10H,11H2,(H,22,23,27)(H,24,25,28). The van der Waals surface area contributed by atoms with Gasteiger partial charge in [0.05, 0.1) is 27.9 Å². The van der Waals surface area contributed by atoms with Gasteiger partial charge in [0.2, 0.25) is 5.91 Å². The highest BCUT2D eigenvalue weighted by atomic mass is 32.2. The van der Waals surface area contributed by atoms with Gasteiger partial charge in [0.15, 0.2) is 15.9 Å². The summed E-state index contributed by atoms with van der Waals surface area (Å²) in [6.45, 7) is 0. The number of carbonyl (C=O) groups is 1. The van der Waals surface area contributed by atoms with Crippen molar-refractivity contribution in [2.45, 2.75) is 5.16 Å². The summed E-state index contributed by atoms with van der Waals surface area (Å²) in [6, 6.07) is 17.1. The Bertz CT molecular complexity index is 1390. The lowest BCUT2D eigenvalue weighted by Crippen LogP contribution is -2.15. The van der Waals surface area contributed by atoms with Gasteiger partial charge in [-0.3, -0.25) is 9.59 Å². The first kappa shape index (κ1) is 18.5. The summed E-state index contributed by atoms with van der Waals surface area (Å²) in [4.78, 5) is 36.4. The van der Waals surface area contributed by atoms with Crippen LogP contribution in [0.15, 0.2) is 70.7 Å². The average Bonchev–Trinajstić information content (AvgIpc) is 3.36.